The van der Waals surface area contributed by atoms with Crippen LogP contribution in [0.5, 0.6) is 0 Å². The van der Waals surface area contributed by atoms with Crippen LogP contribution in [0, 0.1) is 27.7 Å². The second-order valence-corrected chi connectivity index (χ2v) is 8.06. The van der Waals surface area contributed by atoms with Crippen molar-refractivity contribution in [1.82, 2.24) is 24.6 Å². The second-order valence-electron chi connectivity index (χ2n) is 8.06. The first kappa shape index (κ1) is 21.9. The molecule has 1 unspecified atom stereocenters. The number of morpholine rings is 1. The average molecular weight is 437 g/mol. The number of hydrogen-bond donors (Lipinski definition) is 1. The van der Waals surface area contributed by atoms with Crippen molar-refractivity contribution in [3.63, 3.8) is 0 Å². The second kappa shape index (κ2) is 8.66. The van der Waals surface area contributed by atoms with E-state index in [0.29, 0.717) is 42.2 Å². The van der Waals surface area contributed by atoms with Gasteiger partial charge in [0.25, 0.3) is 11.8 Å². The Morgan fingerprint density at radius 2 is 1.81 bits per heavy atom. The van der Waals surface area contributed by atoms with Gasteiger partial charge in [0.05, 0.1) is 46.8 Å². The molecule has 0 bridgehead atoms. The number of rotatable bonds is 4. The molecule has 32 heavy (non-hydrogen) atoms. The molecule has 1 saturated heterocycles. The summed E-state index contributed by atoms with van der Waals surface area (Å²) in [5, 5.41) is 7.33. The molecule has 0 radical (unpaired) electrons. The average Bonchev–Trinajstić information content (AvgIpc) is 3.07. The summed E-state index contributed by atoms with van der Waals surface area (Å²) in [5.41, 5.74) is 5.97. The number of aryl methyl sites for hydroxylation is 4. The first-order chi connectivity index (χ1) is 15.3. The molecule has 1 fully saturated rings. The molecule has 168 valence electrons. The maximum absolute atomic E-state index is 13.2. The van der Waals surface area contributed by atoms with E-state index in [1.54, 1.807) is 17.0 Å². The van der Waals surface area contributed by atoms with Crippen molar-refractivity contribution in [2.75, 3.05) is 25.0 Å². The monoisotopic (exact) mass is 436 g/mol. The molecule has 1 aromatic carbocycles. The molecule has 9 heteroatoms. The number of hydrogen-bond acceptors (Lipinski definition) is 6. The van der Waals surface area contributed by atoms with Gasteiger partial charge >= 0.3 is 0 Å². The van der Waals surface area contributed by atoms with Crippen LogP contribution in [-0.2, 0) is 16.1 Å². The highest BCUT2D eigenvalue weighted by atomic mass is 16.5. The van der Waals surface area contributed by atoms with E-state index in [-0.39, 0.29) is 18.4 Å². The highest BCUT2D eigenvalue weighted by molar-refractivity contribution is 5.99. The van der Waals surface area contributed by atoms with Gasteiger partial charge in [0.2, 0.25) is 0 Å². The summed E-state index contributed by atoms with van der Waals surface area (Å²) in [6.45, 7) is 11.2. The van der Waals surface area contributed by atoms with Gasteiger partial charge in [-0.3, -0.25) is 14.3 Å². The van der Waals surface area contributed by atoms with Gasteiger partial charge < -0.3 is 15.0 Å². The lowest BCUT2D eigenvalue weighted by Gasteiger charge is -2.32. The van der Waals surface area contributed by atoms with Gasteiger partial charge in [0.15, 0.2) is 6.10 Å². The Morgan fingerprint density at radius 1 is 1.09 bits per heavy atom. The molecule has 2 aromatic heterocycles. The maximum Gasteiger partial charge on any atom is 0.257 e. The van der Waals surface area contributed by atoms with Crippen molar-refractivity contribution >= 4 is 28.5 Å². The van der Waals surface area contributed by atoms with Crippen LogP contribution in [0.15, 0.2) is 18.2 Å². The number of benzene rings is 1. The first-order valence-electron chi connectivity index (χ1n) is 10.8. The Bertz CT molecular complexity index is 1200. The van der Waals surface area contributed by atoms with Gasteiger partial charge in [-0.15, -0.1) is 0 Å². The van der Waals surface area contributed by atoms with Crippen molar-refractivity contribution in [1.29, 1.82) is 0 Å². The third-order valence-corrected chi connectivity index (χ3v) is 5.88. The number of fused-ring (bicyclic) bond motifs is 1. The Morgan fingerprint density at radius 3 is 2.50 bits per heavy atom. The van der Waals surface area contributed by atoms with Crippen LogP contribution in [0.1, 0.15) is 40.1 Å². The summed E-state index contributed by atoms with van der Waals surface area (Å²) in [6.07, 6.45) is -0.754. The van der Waals surface area contributed by atoms with Gasteiger partial charge in [-0.2, -0.15) is 5.10 Å². The number of aromatic nitrogens is 4. The van der Waals surface area contributed by atoms with Crippen LogP contribution in [0.2, 0.25) is 0 Å². The zero-order chi connectivity index (χ0) is 23.0. The van der Waals surface area contributed by atoms with Crippen molar-refractivity contribution in [2.24, 2.45) is 0 Å². The highest BCUT2D eigenvalue weighted by Crippen LogP contribution is 2.20. The molecule has 1 aliphatic rings. The molecule has 3 heterocycles. The van der Waals surface area contributed by atoms with Crippen molar-refractivity contribution < 1.29 is 14.3 Å². The molecule has 0 aliphatic carbocycles. The number of nitrogens with one attached hydrogen (secondary N) is 1. The van der Waals surface area contributed by atoms with Gasteiger partial charge in [-0.1, -0.05) is 0 Å². The zero-order valence-electron chi connectivity index (χ0n) is 19.1. The van der Waals surface area contributed by atoms with E-state index in [9.17, 15) is 9.59 Å². The minimum Gasteiger partial charge on any atom is -0.365 e. The highest BCUT2D eigenvalue weighted by Gasteiger charge is 2.32. The quantitative estimate of drug-likeness (QED) is 0.674. The van der Waals surface area contributed by atoms with Crippen molar-refractivity contribution in [2.45, 2.75) is 47.3 Å². The lowest BCUT2D eigenvalue weighted by Crippen LogP contribution is -2.50. The number of ether oxygens (including phenoxy) is 1. The number of anilines is 1. The zero-order valence-corrected chi connectivity index (χ0v) is 19.1. The van der Waals surface area contributed by atoms with E-state index in [0.717, 1.165) is 22.6 Å². The number of amides is 2. The predicted octanol–water partition coefficient (Wildman–Crippen LogP) is 2.56. The van der Waals surface area contributed by atoms with Gasteiger partial charge in [0.1, 0.15) is 0 Å². The van der Waals surface area contributed by atoms with E-state index in [2.05, 4.69) is 20.4 Å². The van der Waals surface area contributed by atoms with Crippen LogP contribution in [-0.4, -0.2) is 62.3 Å². The topological polar surface area (TPSA) is 102 Å². The first-order valence-corrected chi connectivity index (χ1v) is 10.8. The van der Waals surface area contributed by atoms with Crippen LogP contribution in [0.3, 0.4) is 0 Å². The Hall–Kier alpha value is -3.33. The molecule has 1 N–H and O–H groups in total. The van der Waals surface area contributed by atoms with E-state index in [4.69, 9.17) is 4.74 Å². The Labute approximate surface area is 186 Å². The standard InChI is InChI=1S/C23H28N6O3/c1-6-29-16(5)21(15(4)27-29)23(31)28-9-10-32-20(12-28)22(30)26-17-7-8-18-19(11-17)25-14(3)13(2)24-18/h7-8,11,20H,6,9-10,12H2,1-5H3,(H,26,30). The van der Waals surface area contributed by atoms with Gasteiger partial charge in [-0.05, 0) is 52.8 Å². The van der Waals surface area contributed by atoms with Crippen molar-refractivity contribution in [3.05, 3.63) is 46.5 Å². The molecule has 4 rings (SSSR count). The van der Waals surface area contributed by atoms with E-state index in [1.807, 2.05) is 45.4 Å². The fraction of sp³-hybridized carbons (Fsp3) is 0.435. The van der Waals surface area contributed by atoms with E-state index < -0.39 is 6.10 Å². The maximum atomic E-state index is 13.2. The predicted molar refractivity (Wildman–Crippen MR) is 121 cm³/mol. The van der Waals surface area contributed by atoms with Gasteiger partial charge in [-0.25, -0.2) is 9.97 Å². The number of carbonyl (C=O) groups excluding carboxylic acids is 2. The normalized spacial score (nSPS) is 16.4. The van der Waals surface area contributed by atoms with E-state index in [1.165, 1.54) is 0 Å². The summed E-state index contributed by atoms with van der Waals surface area (Å²) in [7, 11) is 0. The fourth-order valence-corrected chi connectivity index (χ4v) is 4.00. The summed E-state index contributed by atoms with van der Waals surface area (Å²) in [4.78, 5) is 36.8. The smallest absolute Gasteiger partial charge is 0.257 e. The fourth-order valence-electron chi connectivity index (χ4n) is 4.00. The summed E-state index contributed by atoms with van der Waals surface area (Å²) in [5.74, 6) is -0.413. The molecule has 2 amide bonds. The minimum absolute atomic E-state index is 0.118. The Balaban J connectivity index is 1.48. The molecule has 1 atom stereocenters. The number of nitrogens with zero attached hydrogens (tertiary/aromatic N) is 5. The van der Waals surface area contributed by atoms with Gasteiger partial charge in [0, 0.05) is 24.5 Å². The van der Waals surface area contributed by atoms with Crippen LogP contribution >= 0.6 is 0 Å². The van der Waals surface area contributed by atoms with Crippen LogP contribution in [0.25, 0.3) is 11.0 Å². The van der Waals surface area contributed by atoms with Crippen LogP contribution < -0.4 is 5.32 Å². The molecule has 1 aliphatic heterocycles. The minimum atomic E-state index is -0.754. The van der Waals surface area contributed by atoms with E-state index >= 15 is 0 Å². The molecule has 0 spiro atoms. The third kappa shape index (κ3) is 4.08. The summed E-state index contributed by atoms with van der Waals surface area (Å²) < 4.78 is 7.50. The lowest BCUT2D eigenvalue weighted by molar-refractivity contribution is -0.131. The molecular weight excluding hydrogens is 408 g/mol. The van der Waals surface area contributed by atoms with Crippen molar-refractivity contribution in [3.8, 4) is 0 Å². The molecule has 3 aromatic rings. The molecule has 0 saturated carbocycles. The molecule has 9 nitrogen and oxygen atoms in total. The summed E-state index contributed by atoms with van der Waals surface area (Å²) >= 11 is 0. The van der Waals surface area contributed by atoms with Crippen LogP contribution in [0.4, 0.5) is 5.69 Å². The largest absolute Gasteiger partial charge is 0.365 e. The molecular formula is C23H28N6O3. The SMILES string of the molecule is CCn1nc(C)c(C(=O)N2CCOC(C(=O)Nc3ccc4nc(C)c(C)nc4c3)C2)c1C. The lowest BCUT2D eigenvalue weighted by atomic mass is 10.1. The summed E-state index contributed by atoms with van der Waals surface area (Å²) in [6, 6.07) is 5.42. The third-order valence-electron chi connectivity index (χ3n) is 5.88. The Kier molecular flexibility index (Phi) is 5.92. The number of carbonyl (C=O) groups is 2.